The summed E-state index contributed by atoms with van der Waals surface area (Å²) >= 11 is 0. The number of nitriles is 1. The van der Waals surface area contributed by atoms with Crippen molar-refractivity contribution < 1.29 is 4.79 Å². The Hall–Kier alpha value is -1.97. The fourth-order valence-corrected chi connectivity index (χ4v) is 1.66. The van der Waals surface area contributed by atoms with Crippen LogP contribution in [0.1, 0.15) is 36.3 Å². The maximum Gasteiger partial charge on any atom is 0.266 e. The van der Waals surface area contributed by atoms with Crippen LogP contribution in [-0.2, 0) is 6.54 Å². The number of nitrogens with one attached hydrogen (secondary N) is 1. The third-order valence-electron chi connectivity index (χ3n) is 2.82. The third kappa shape index (κ3) is 4.66. The molecule has 102 valence electrons. The summed E-state index contributed by atoms with van der Waals surface area (Å²) in [5, 5.41) is 8.64. The summed E-state index contributed by atoms with van der Waals surface area (Å²) in [7, 11) is 0. The van der Waals surface area contributed by atoms with Crippen LogP contribution in [0.15, 0.2) is 18.3 Å². The van der Waals surface area contributed by atoms with Crippen LogP contribution in [0.2, 0.25) is 0 Å². The maximum atomic E-state index is 11.3. The first-order chi connectivity index (χ1) is 9.08. The van der Waals surface area contributed by atoms with Gasteiger partial charge in [-0.2, -0.15) is 5.26 Å². The van der Waals surface area contributed by atoms with E-state index >= 15 is 0 Å². The lowest BCUT2D eigenvalue weighted by molar-refractivity contribution is 0.0953. The molecule has 6 nitrogen and oxygen atoms in total. The molecule has 1 amide bonds. The quantitative estimate of drug-likeness (QED) is 0.449. The van der Waals surface area contributed by atoms with Crippen LogP contribution in [-0.4, -0.2) is 28.4 Å². The highest BCUT2D eigenvalue weighted by atomic mass is 16.2. The topological polar surface area (TPSA) is 95.0 Å². The van der Waals surface area contributed by atoms with Crippen molar-refractivity contribution in [3.8, 4) is 6.07 Å². The Morgan fingerprint density at radius 3 is 2.79 bits per heavy atom. The zero-order valence-corrected chi connectivity index (χ0v) is 11.3. The summed E-state index contributed by atoms with van der Waals surface area (Å²) in [5.41, 5.74) is 3.35. The van der Waals surface area contributed by atoms with Crippen LogP contribution >= 0.6 is 0 Å². The molecule has 0 fully saturated rings. The smallest absolute Gasteiger partial charge is 0.266 e. The van der Waals surface area contributed by atoms with Crippen LogP contribution in [0.3, 0.4) is 0 Å². The molecule has 0 aliphatic carbocycles. The van der Waals surface area contributed by atoms with Gasteiger partial charge in [0.1, 0.15) is 0 Å². The van der Waals surface area contributed by atoms with E-state index in [4.69, 9.17) is 11.1 Å². The number of nitrogens with zero attached hydrogens (tertiary/aromatic N) is 3. The lowest BCUT2D eigenvalue weighted by Gasteiger charge is -2.24. The second-order valence-corrected chi connectivity index (χ2v) is 4.48. The summed E-state index contributed by atoms with van der Waals surface area (Å²) in [6, 6.07) is 5.96. The first-order valence-electron chi connectivity index (χ1n) is 6.15. The number of carbonyl (C=O) groups excluding carboxylic acids is 1. The molecule has 0 bridgehead atoms. The van der Waals surface area contributed by atoms with Gasteiger partial charge in [-0.1, -0.05) is 0 Å². The summed E-state index contributed by atoms with van der Waals surface area (Å²) in [6.45, 7) is 5.52. The number of carbonyl (C=O) groups is 1. The fraction of sp³-hybridized carbons (Fsp3) is 0.462. The SMILES string of the molecule is CC(C)N(CCC#N)Cc1ccc(C(=O)NN)cn1. The number of hydrogen-bond acceptors (Lipinski definition) is 5. The van der Waals surface area contributed by atoms with E-state index in [1.165, 1.54) is 6.20 Å². The molecule has 3 N–H and O–H groups in total. The first-order valence-corrected chi connectivity index (χ1v) is 6.15. The maximum absolute atomic E-state index is 11.3. The van der Waals surface area contributed by atoms with Crippen molar-refractivity contribution in [3.05, 3.63) is 29.6 Å². The highest BCUT2D eigenvalue weighted by molar-refractivity contribution is 5.93. The second kappa shape index (κ2) is 7.46. The van der Waals surface area contributed by atoms with Crippen LogP contribution in [0, 0.1) is 11.3 Å². The van der Waals surface area contributed by atoms with E-state index in [1.54, 1.807) is 12.1 Å². The van der Waals surface area contributed by atoms with Crippen LogP contribution in [0.5, 0.6) is 0 Å². The number of hydrogen-bond donors (Lipinski definition) is 2. The highest BCUT2D eigenvalue weighted by Gasteiger charge is 2.11. The van der Waals surface area contributed by atoms with Crippen LogP contribution in [0.25, 0.3) is 0 Å². The molecule has 0 radical (unpaired) electrons. The third-order valence-corrected chi connectivity index (χ3v) is 2.82. The standard InChI is InChI=1S/C13H19N5O/c1-10(2)18(7-3-6-14)9-12-5-4-11(8-16-12)13(19)17-15/h4-5,8,10H,3,7,9,15H2,1-2H3,(H,17,19). The average Bonchev–Trinajstić information content (AvgIpc) is 2.43. The van der Waals surface area contributed by atoms with E-state index in [0.29, 0.717) is 31.1 Å². The molecule has 1 rings (SSSR count). The Morgan fingerprint density at radius 1 is 1.58 bits per heavy atom. The molecule has 1 aromatic heterocycles. The lowest BCUT2D eigenvalue weighted by Crippen LogP contribution is -2.32. The van der Waals surface area contributed by atoms with Crippen LogP contribution in [0.4, 0.5) is 0 Å². The van der Waals surface area contributed by atoms with Crippen molar-refractivity contribution in [2.24, 2.45) is 5.84 Å². The Morgan fingerprint density at radius 2 is 2.32 bits per heavy atom. The number of rotatable bonds is 6. The lowest BCUT2D eigenvalue weighted by atomic mass is 10.2. The van der Waals surface area contributed by atoms with Gasteiger partial charge >= 0.3 is 0 Å². The molecule has 0 aliphatic rings. The van der Waals surface area contributed by atoms with Crippen molar-refractivity contribution >= 4 is 5.91 Å². The van der Waals surface area contributed by atoms with Gasteiger partial charge in [-0.3, -0.25) is 20.1 Å². The fourth-order valence-electron chi connectivity index (χ4n) is 1.66. The predicted octanol–water partition coefficient (Wildman–Crippen LogP) is 0.809. The van der Waals surface area contributed by atoms with Crippen molar-refractivity contribution in [2.45, 2.75) is 32.9 Å². The van der Waals surface area contributed by atoms with Gasteiger partial charge in [0.2, 0.25) is 0 Å². The summed E-state index contributed by atoms with van der Waals surface area (Å²) < 4.78 is 0. The Balaban J connectivity index is 2.70. The Labute approximate surface area is 113 Å². The van der Waals surface area contributed by atoms with Gasteiger partial charge in [-0.25, -0.2) is 5.84 Å². The largest absolute Gasteiger partial charge is 0.294 e. The van der Waals surface area contributed by atoms with Gasteiger partial charge < -0.3 is 0 Å². The monoisotopic (exact) mass is 261 g/mol. The number of nitrogens with two attached hydrogens (primary N) is 1. The van der Waals surface area contributed by atoms with Gasteiger partial charge in [-0.05, 0) is 26.0 Å². The Bertz CT molecular complexity index is 449. The predicted molar refractivity (Wildman–Crippen MR) is 71.7 cm³/mol. The minimum absolute atomic E-state index is 0.335. The first kappa shape index (κ1) is 15.1. The Kier molecular flexibility index (Phi) is 5.93. The molecule has 0 spiro atoms. The zero-order valence-electron chi connectivity index (χ0n) is 11.3. The van der Waals surface area contributed by atoms with Gasteiger partial charge in [0.15, 0.2) is 0 Å². The van der Waals surface area contributed by atoms with E-state index in [9.17, 15) is 4.79 Å². The zero-order chi connectivity index (χ0) is 14.3. The van der Waals surface area contributed by atoms with E-state index in [2.05, 4.69) is 35.2 Å². The number of aromatic nitrogens is 1. The number of pyridine rings is 1. The number of nitrogen functional groups attached to an aromatic ring is 1. The molecule has 1 heterocycles. The number of hydrazine groups is 1. The van der Waals surface area contributed by atoms with E-state index in [-0.39, 0.29) is 5.91 Å². The minimum Gasteiger partial charge on any atom is -0.294 e. The molecule has 0 aliphatic heterocycles. The van der Waals surface area contributed by atoms with Gasteiger partial charge in [0.05, 0.1) is 17.3 Å². The second-order valence-electron chi connectivity index (χ2n) is 4.48. The van der Waals surface area contributed by atoms with Crippen molar-refractivity contribution in [1.82, 2.24) is 15.3 Å². The van der Waals surface area contributed by atoms with Gasteiger partial charge in [0.25, 0.3) is 5.91 Å². The molecule has 6 heteroatoms. The summed E-state index contributed by atoms with van der Waals surface area (Å²) in [5.74, 6) is 4.69. The highest BCUT2D eigenvalue weighted by Crippen LogP contribution is 2.08. The molecule has 19 heavy (non-hydrogen) atoms. The van der Waals surface area contributed by atoms with E-state index in [1.807, 2.05) is 0 Å². The van der Waals surface area contributed by atoms with Crippen molar-refractivity contribution in [3.63, 3.8) is 0 Å². The molecule has 0 atom stereocenters. The summed E-state index contributed by atoms with van der Waals surface area (Å²) in [6.07, 6.45) is 1.99. The van der Waals surface area contributed by atoms with E-state index < -0.39 is 0 Å². The summed E-state index contributed by atoms with van der Waals surface area (Å²) in [4.78, 5) is 17.7. The number of amides is 1. The normalized spacial score (nSPS) is 10.5. The molecule has 0 aromatic carbocycles. The molecule has 0 saturated carbocycles. The molecule has 0 unspecified atom stereocenters. The van der Waals surface area contributed by atoms with E-state index in [0.717, 1.165) is 5.69 Å². The molecular formula is C13H19N5O. The molecular weight excluding hydrogens is 242 g/mol. The molecule has 1 aromatic rings. The average molecular weight is 261 g/mol. The van der Waals surface area contributed by atoms with Gasteiger partial charge in [0, 0.05) is 31.7 Å². The van der Waals surface area contributed by atoms with Crippen molar-refractivity contribution in [1.29, 1.82) is 5.26 Å². The van der Waals surface area contributed by atoms with Crippen LogP contribution < -0.4 is 11.3 Å². The van der Waals surface area contributed by atoms with Gasteiger partial charge in [-0.15, -0.1) is 0 Å². The molecule has 0 saturated heterocycles. The minimum atomic E-state index is -0.357. The van der Waals surface area contributed by atoms with Crippen molar-refractivity contribution in [2.75, 3.05) is 6.54 Å².